The maximum Gasteiger partial charge on any atom is 0.0184 e. The molecule has 0 aromatic heterocycles. The van der Waals surface area contributed by atoms with Crippen molar-refractivity contribution in [2.75, 3.05) is 6.54 Å². The van der Waals surface area contributed by atoms with Crippen molar-refractivity contribution in [2.24, 2.45) is 5.92 Å². The van der Waals surface area contributed by atoms with E-state index in [2.05, 4.69) is 26.1 Å². The normalized spacial score (nSPS) is 26.8. The Labute approximate surface area is 115 Å². The van der Waals surface area contributed by atoms with Crippen molar-refractivity contribution in [2.45, 2.75) is 96.9 Å². The fourth-order valence-electron chi connectivity index (χ4n) is 3.67. The van der Waals surface area contributed by atoms with Crippen molar-refractivity contribution in [3.05, 3.63) is 0 Å². The predicted octanol–water partition coefficient (Wildman–Crippen LogP) is 5.30. The zero-order valence-corrected chi connectivity index (χ0v) is 13.1. The Hall–Kier alpha value is -0.0400. The predicted molar refractivity (Wildman–Crippen MR) is 82.0 cm³/mol. The Morgan fingerprint density at radius 2 is 1.89 bits per heavy atom. The number of hydrogen-bond donors (Lipinski definition) is 1. The maximum absolute atomic E-state index is 3.94. The molecular formula is C17H35N. The number of hydrogen-bond acceptors (Lipinski definition) is 1. The molecule has 2 unspecified atom stereocenters. The van der Waals surface area contributed by atoms with Crippen molar-refractivity contribution < 1.29 is 0 Å². The molecule has 0 aromatic rings. The summed E-state index contributed by atoms with van der Waals surface area (Å²) < 4.78 is 0. The quantitative estimate of drug-likeness (QED) is 0.619. The molecule has 1 heteroatoms. The molecule has 1 N–H and O–H groups in total. The van der Waals surface area contributed by atoms with E-state index in [1.807, 2.05) is 0 Å². The summed E-state index contributed by atoms with van der Waals surface area (Å²) in [4.78, 5) is 0. The molecule has 1 aliphatic rings. The molecule has 0 aliphatic carbocycles. The summed E-state index contributed by atoms with van der Waals surface area (Å²) >= 11 is 0. The van der Waals surface area contributed by atoms with Gasteiger partial charge in [-0.05, 0) is 38.1 Å². The van der Waals surface area contributed by atoms with Crippen LogP contribution in [-0.4, -0.2) is 12.1 Å². The van der Waals surface area contributed by atoms with E-state index in [0.29, 0.717) is 5.54 Å². The zero-order valence-electron chi connectivity index (χ0n) is 13.1. The molecule has 1 heterocycles. The Bertz CT molecular complexity index is 192. The average molecular weight is 253 g/mol. The van der Waals surface area contributed by atoms with E-state index in [0.717, 1.165) is 5.92 Å². The van der Waals surface area contributed by atoms with Crippen molar-refractivity contribution in [1.29, 1.82) is 0 Å². The minimum Gasteiger partial charge on any atom is -0.311 e. The molecule has 1 saturated heterocycles. The topological polar surface area (TPSA) is 12.0 Å². The second-order valence-corrected chi connectivity index (χ2v) is 6.39. The van der Waals surface area contributed by atoms with Crippen molar-refractivity contribution in [1.82, 2.24) is 5.32 Å². The monoisotopic (exact) mass is 253 g/mol. The molecule has 0 bridgehead atoms. The van der Waals surface area contributed by atoms with Crippen molar-refractivity contribution in [3.8, 4) is 0 Å². The van der Waals surface area contributed by atoms with Crippen molar-refractivity contribution in [3.63, 3.8) is 0 Å². The van der Waals surface area contributed by atoms with Crippen molar-refractivity contribution >= 4 is 0 Å². The average Bonchev–Trinajstić information content (AvgIpc) is 2.61. The lowest BCUT2D eigenvalue weighted by Gasteiger charge is -2.37. The third kappa shape index (κ3) is 5.30. The van der Waals surface area contributed by atoms with Gasteiger partial charge in [0.2, 0.25) is 0 Å². The van der Waals surface area contributed by atoms with Gasteiger partial charge < -0.3 is 5.32 Å². The summed E-state index contributed by atoms with van der Waals surface area (Å²) in [7, 11) is 0. The molecule has 1 rings (SSSR count). The van der Waals surface area contributed by atoms with Crippen LogP contribution in [0.5, 0.6) is 0 Å². The van der Waals surface area contributed by atoms with Crippen LogP contribution in [0.15, 0.2) is 0 Å². The Morgan fingerprint density at radius 3 is 2.56 bits per heavy atom. The molecule has 0 spiro atoms. The highest BCUT2D eigenvalue weighted by Gasteiger charge is 2.31. The van der Waals surface area contributed by atoms with Crippen LogP contribution in [0.3, 0.4) is 0 Å². The fraction of sp³-hybridized carbons (Fsp3) is 1.00. The van der Waals surface area contributed by atoms with Gasteiger partial charge in [-0.25, -0.2) is 0 Å². The van der Waals surface area contributed by atoms with Crippen LogP contribution in [0, 0.1) is 5.92 Å². The van der Waals surface area contributed by atoms with Gasteiger partial charge in [-0.3, -0.25) is 0 Å². The standard InChI is InChI=1S/C17H35N/c1-4-7-11-16(6-3)15-17(12-5-2)13-9-8-10-14-18-17/h16,18H,4-15H2,1-3H3. The van der Waals surface area contributed by atoms with E-state index in [1.165, 1.54) is 77.2 Å². The first-order chi connectivity index (χ1) is 8.76. The molecular weight excluding hydrogens is 218 g/mol. The van der Waals surface area contributed by atoms with Gasteiger partial charge >= 0.3 is 0 Å². The molecule has 1 aliphatic heterocycles. The third-order valence-corrected chi connectivity index (χ3v) is 4.78. The van der Waals surface area contributed by atoms with E-state index in [-0.39, 0.29) is 0 Å². The van der Waals surface area contributed by atoms with Gasteiger partial charge in [-0.2, -0.15) is 0 Å². The molecule has 1 nitrogen and oxygen atoms in total. The first-order valence-corrected chi connectivity index (χ1v) is 8.51. The molecule has 0 aromatic carbocycles. The van der Waals surface area contributed by atoms with Gasteiger partial charge in [-0.15, -0.1) is 0 Å². The lowest BCUT2D eigenvalue weighted by atomic mass is 9.78. The summed E-state index contributed by atoms with van der Waals surface area (Å²) in [5.74, 6) is 0.946. The van der Waals surface area contributed by atoms with E-state index in [4.69, 9.17) is 0 Å². The maximum atomic E-state index is 3.94. The van der Waals surface area contributed by atoms with Gasteiger partial charge in [0.25, 0.3) is 0 Å². The molecule has 0 saturated carbocycles. The summed E-state index contributed by atoms with van der Waals surface area (Å²) in [6.07, 6.45) is 15.4. The van der Waals surface area contributed by atoms with Crippen LogP contribution >= 0.6 is 0 Å². The molecule has 108 valence electrons. The lowest BCUT2D eigenvalue weighted by molar-refractivity contribution is 0.215. The lowest BCUT2D eigenvalue weighted by Crippen LogP contribution is -2.46. The van der Waals surface area contributed by atoms with Gasteiger partial charge in [0, 0.05) is 5.54 Å². The summed E-state index contributed by atoms with van der Waals surface area (Å²) in [5.41, 5.74) is 0.486. The highest BCUT2D eigenvalue weighted by atomic mass is 15.0. The summed E-state index contributed by atoms with van der Waals surface area (Å²) in [6.45, 7) is 8.31. The van der Waals surface area contributed by atoms with Gasteiger partial charge in [0.15, 0.2) is 0 Å². The molecule has 1 fully saturated rings. The van der Waals surface area contributed by atoms with Crippen LogP contribution in [0.4, 0.5) is 0 Å². The van der Waals surface area contributed by atoms with Crippen LogP contribution in [0.2, 0.25) is 0 Å². The molecule has 2 atom stereocenters. The Morgan fingerprint density at radius 1 is 1.06 bits per heavy atom. The van der Waals surface area contributed by atoms with E-state index in [9.17, 15) is 0 Å². The minimum absolute atomic E-state index is 0.486. The highest BCUT2D eigenvalue weighted by Crippen LogP contribution is 2.33. The zero-order chi connectivity index (χ0) is 13.3. The van der Waals surface area contributed by atoms with E-state index >= 15 is 0 Å². The number of rotatable bonds is 8. The van der Waals surface area contributed by atoms with Crippen LogP contribution in [0.1, 0.15) is 91.4 Å². The van der Waals surface area contributed by atoms with E-state index < -0.39 is 0 Å². The first-order valence-electron chi connectivity index (χ1n) is 8.51. The minimum atomic E-state index is 0.486. The van der Waals surface area contributed by atoms with Gasteiger partial charge in [-0.1, -0.05) is 65.7 Å². The van der Waals surface area contributed by atoms with Gasteiger partial charge in [0.05, 0.1) is 0 Å². The van der Waals surface area contributed by atoms with Crippen LogP contribution in [-0.2, 0) is 0 Å². The Balaban J connectivity index is 2.57. The first kappa shape index (κ1) is 16.0. The smallest absolute Gasteiger partial charge is 0.0184 e. The number of nitrogens with one attached hydrogen (secondary N) is 1. The highest BCUT2D eigenvalue weighted by molar-refractivity contribution is 4.91. The third-order valence-electron chi connectivity index (χ3n) is 4.78. The SMILES string of the molecule is CCCCC(CC)CC1(CCC)CCCCCN1. The second-order valence-electron chi connectivity index (χ2n) is 6.39. The van der Waals surface area contributed by atoms with E-state index in [1.54, 1.807) is 0 Å². The molecule has 0 amide bonds. The largest absolute Gasteiger partial charge is 0.311 e. The van der Waals surface area contributed by atoms with Crippen LogP contribution < -0.4 is 5.32 Å². The number of unbranched alkanes of at least 4 members (excludes halogenated alkanes) is 1. The summed E-state index contributed by atoms with van der Waals surface area (Å²) in [5, 5.41) is 3.94. The Kier molecular flexibility index (Phi) is 7.97. The fourth-order valence-corrected chi connectivity index (χ4v) is 3.67. The van der Waals surface area contributed by atoms with Gasteiger partial charge in [0.1, 0.15) is 0 Å². The van der Waals surface area contributed by atoms with Crippen LogP contribution in [0.25, 0.3) is 0 Å². The molecule has 18 heavy (non-hydrogen) atoms. The molecule has 0 radical (unpaired) electrons. The summed E-state index contributed by atoms with van der Waals surface area (Å²) in [6, 6.07) is 0. The second kappa shape index (κ2) is 8.96.